The molecule has 29 heavy (non-hydrogen) atoms. The summed E-state index contributed by atoms with van der Waals surface area (Å²) in [6, 6.07) is 5.89. The van der Waals surface area contributed by atoms with E-state index in [0.29, 0.717) is 17.7 Å². The van der Waals surface area contributed by atoms with Crippen molar-refractivity contribution in [3.63, 3.8) is 0 Å². The normalized spacial score (nSPS) is 13.5. The van der Waals surface area contributed by atoms with E-state index in [2.05, 4.69) is 31.4 Å². The third-order valence-corrected chi connectivity index (χ3v) is 5.31. The Kier molecular flexibility index (Phi) is 9.70. The summed E-state index contributed by atoms with van der Waals surface area (Å²) in [7, 11) is 1.30. The Balaban J connectivity index is 2.89. The molecule has 6 nitrogen and oxygen atoms in total. The maximum absolute atomic E-state index is 12.8. The number of hydrogen-bond donors (Lipinski definition) is 2. The van der Waals surface area contributed by atoms with Crippen molar-refractivity contribution in [2.24, 2.45) is 5.92 Å². The molecule has 1 aromatic carbocycles. The number of nitrogens with one attached hydrogen (secondary N) is 2. The van der Waals surface area contributed by atoms with Crippen molar-refractivity contribution in [2.75, 3.05) is 19.1 Å². The second kappa shape index (κ2) is 11.2. The molecule has 0 unspecified atom stereocenters. The van der Waals surface area contributed by atoms with Gasteiger partial charge >= 0.3 is 5.97 Å². The first-order valence-electron chi connectivity index (χ1n) is 9.79. The third kappa shape index (κ3) is 7.72. The largest absolute Gasteiger partial charge is 0.467 e. The smallest absolute Gasteiger partial charge is 0.328 e. The van der Waals surface area contributed by atoms with E-state index in [0.717, 1.165) is 5.56 Å². The molecule has 0 aliphatic heterocycles. The summed E-state index contributed by atoms with van der Waals surface area (Å²) in [6.45, 7) is 10.0. The highest BCUT2D eigenvalue weighted by molar-refractivity contribution is 7.98. The van der Waals surface area contributed by atoms with E-state index >= 15 is 0 Å². The number of esters is 1. The standard InChI is InChI=1S/C22H34N2O4S/c1-14(2)18(20(26)23-17(12-13-29-7)21(27)28-6)24-19(25)15-8-10-16(11-9-15)22(3,4)5/h8-11,14,17-18H,12-13H2,1-7H3,(H,23,26)(H,24,25)/t17-,18-/m0/s1. The topological polar surface area (TPSA) is 84.5 Å². The molecule has 2 atom stereocenters. The summed E-state index contributed by atoms with van der Waals surface area (Å²) in [5, 5.41) is 5.53. The van der Waals surface area contributed by atoms with Crippen LogP contribution in [0.3, 0.4) is 0 Å². The van der Waals surface area contributed by atoms with E-state index in [1.165, 1.54) is 7.11 Å². The van der Waals surface area contributed by atoms with Gasteiger partial charge in [0.25, 0.3) is 5.91 Å². The Morgan fingerprint density at radius 3 is 2.10 bits per heavy atom. The van der Waals surface area contributed by atoms with Gasteiger partial charge in [0.2, 0.25) is 5.91 Å². The van der Waals surface area contributed by atoms with Gasteiger partial charge in [0.05, 0.1) is 7.11 Å². The van der Waals surface area contributed by atoms with E-state index in [4.69, 9.17) is 4.74 Å². The van der Waals surface area contributed by atoms with E-state index in [-0.39, 0.29) is 17.2 Å². The molecule has 1 aromatic rings. The minimum Gasteiger partial charge on any atom is -0.467 e. The Bertz CT molecular complexity index is 696. The first-order valence-corrected chi connectivity index (χ1v) is 11.2. The lowest BCUT2D eigenvalue weighted by Gasteiger charge is -2.25. The first-order chi connectivity index (χ1) is 13.5. The minimum atomic E-state index is -0.758. The van der Waals surface area contributed by atoms with Crippen LogP contribution in [0.5, 0.6) is 0 Å². The van der Waals surface area contributed by atoms with Gasteiger partial charge in [-0.1, -0.05) is 46.8 Å². The highest BCUT2D eigenvalue weighted by atomic mass is 32.2. The van der Waals surface area contributed by atoms with Gasteiger partial charge in [-0.05, 0) is 47.5 Å². The lowest BCUT2D eigenvalue weighted by atomic mass is 9.86. The molecule has 0 aliphatic rings. The van der Waals surface area contributed by atoms with Crippen LogP contribution in [0.25, 0.3) is 0 Å². The van der Waals surface area contributed by atoms with Gasteiger partial charge in [-0.3, -0.25) is 9.59 Å². The highest BCUT2D eigenvalue weighted by Gasteiger charge is 2.29. The molecule has 0 saturated heterocycles. The predicted octanol–water partition coefficient (Wildman–Crippen LogP) is 3.15. The van der Waals surface area contributed by atoms with E-state index < -0.39 is 24.0 Å². The van der Waals surface area contributed by atoms with Crippen LogP contribution in [0.1, 0.15) is 57.0 Å². The predicted molar refractivity (Wildman–Crippen MR) is 118 cm³/mol. The molecule has 0 fully saturated rings. The van der Waals surface area contributed by atoms with Gasteiger partial charge in [-0.2, -0.15) is 11.8 Å². The number of ether oxygens (including phenoxy) is 1. The van der Waals surface area contributed by atoms with Crippen molar-refractivity contribution < 1.29 is 19.1 Å². The average molecular weight is 423 g/mol. The summed E-state index contributed by atoms with van der Waals surface area (Å²) in [6.07, 6.45) is 2.39. The number of carbonyl (C=O) groups is 3. The Hall–Kier alpha value is -2.02. The Morgan fingerprint density at radius 2 is 1.66 bits per heavy atom. The number of carbonyl (C=O) groups excluding carboxylic acids is 3. The zero-order valence-electron chi connectivity index (χ0n) is 18.5. The van der Waals surface area contributed by atoms with Crippen molar-refractivity contribution in [3.05, 3.63) is 35.4 Å². The van der Waals surface area contributed by atoms with Crippen LogP contribution in [0, 0.1) is 5.92 Å². The summed E-state index contributed by atoms with van der Waals surface area (Å²) < 4.78 is 4.79. The van der Waals surface area contributed by atoms with Crippen molar-refractivity contribution in [2.45, 2.75) is 58.5 Å². The van der Waals surface area contributed by atoms with Gasteiger partial charge in [0, 0.05) is 5.56 Å². The molecule has 0 bridgehead atoms. The summed E-state index contributed by atoms with van der Waals surface area (Å²) in [5.41, 5.74) is 1.61. The molecule has 2 N–H and O–H groups in total. The van der Waals surface area contributed by atoms with Crippen molar-refractivity contribution >= 4 is 29.5 Å². The first kappa shape index (κ1) is 25.0. The van der Waals surface area contributed by atoms with Crippen LogP contribution in [0.4, 0.5) is 0 Å². The molecule has 7 heteroatoms. The summed E-state index contributed by atoms with van der Waals surface area (Å²) in [4.78, 5) is 37.4. The number of hydrogen-bond acceptors (Lipinski definition) is 5. The third-order valence-electron chi connectivity index (χ3n) is 4.66. The van der Waals surface area contributed by atoms with Gasteiger partial charge in [-0.15, -0.1) is 0 Å². The van der Waals surface area contributed by atoms with E-state index in [9.17, 15) is 14.4 Å². The molecule has 1 rings (SSSR count). The molecule has 2 amide bonds. The molecule has 0 spiro atoms. The van der Waals surface area contributed by atoms with Crippen LogP contribution >= 0.6 is 11.8 Å². The maximum Gasteiger partial charge on any atom is 0.328 e. The lowest BCUT2D eigenvalue weighted by Crippen LogP contribution is -2.54. The zero-order chi connectivity index (χ0) is 22.2. The van der Waals surface area contributed by atoms with E-state index in [1.807, 2.05) is 32.2 Å². The zero-order valence-corrected chi connectivity index (χ0v) is 19.3. The molecule has 0 saturated carbocycles. The highest BCUT2D eigenvalue weighted by Crippen LogP contribution is 2.22. The second-order valence-corrected chi connectivity index (χ2v) is 9.37. The van der Waals surface area contributed by atoms with Gasteiger partial charge < -0.3 is 15.4 Å². The number of benzene rings is 1. The number of amides is 2. The van der Waals surface area contributed by atoms with Crippen molar-refractivity contribution in [3.8, 4) is 0 Å². The van der Waals surface area contributed by atoms with Crippen LogP contribution in [0.15, 0.2) is 24.3 Å². The molecular weight excluding hydrogens is 388 g/mol. The van der Waals surface area contributed by atoms with E-state index in [1.54, 1.807) is 23.9 Å². The van der Waals surface area contributed by atoms with Crippen LogP contribution in [0.2, 0.25) is 0 Å². The van der Waals surface area contributed by atoms with Crippen molar-refractivity contribution in [1.29, 1.82) is 0 Å². The number of methoxy groups -OCH3 is 1. The van der Waals surface area contributed by atoms with Gasteiger partial charge in [0.15, 0.2) is 0 Å². The number of thioether (sulfide) groups is 1. The molecule has 0 aromatic heterocycles. The Labute approximate surface area is 178 Å². The SMILES string of the molecule is COC(=O)[C@H](CCSC)NC(=O)[C@@H](NC(=O)c1ccc(C(C)(C)C)cc1)C(C)C. The van der Waals surface area contributed by atoms with Crippen LogP contribution in [-0.4, -0.2) is 49.0 Å². The lowest BCUT2D eigenvalue weighted by molar-refractivity contribution is -0.145. The quantitative estimate of drug-likeness (QED) is 0.597. The molecular formula is C22H34N2O4S. The molecule has 0 heterocycles. The fourth-order valence-corrected chi connectivity index (χ4v) is 3.24. The molecule has 0 radical (unpaired) electrons. The van der Waals surface area contributed by atoms with Gasteiger partial charge in [0.1, 0.15) is 12.1 Å². The second-order valence-electron chi connectivity index (χ2n) is 8.39. The molecule has 0 aliphatic carbocycles. The summed E-state index contributed by atoms with van der Waals surface area (Å²) >= 11 is 1.58. The summed E-state index contributed by atoms with van der Waals surface area (Å²) in [5.74, 6) is -0.640. The fraction of sp³-hybridized carbons (Fsp3) is 0.591. The fourth-order valence-electron chi connectivity index (χ4n) is 2.77. The van der Waals surface area contributed by atoms with Crippen LogP contribution < -0.4 is 10.6 Å². The van der Waals surface area contributed by atoms with Gasteiger partial charge in [-0.25, -0.2) is 4.79 Å². The minimum absolute atomic E-state index is 0.00493. The molecule has 162 valence electrons. The van der Waals surface area contributed by atoms with Crippen LogP contribution in [-0.2, 0) is 19.7 Å². The van der Waals surface area contributed by atoms with Crippen molar-refractivity contribution in [1.82, 2.24) is 10.6 Å². The maximum atomic E-state index is 12.8. The monoisotopic (exact) mass is 422 g/mol. The number of rotatable bonds is 9. The average Bonchev–Trinajstić information content (AvgIpc) is 2.67. The Morgan fingerprint density at radius 1 is 1.07 bits per heavy atom.